The zero-order valence-electron chi connectivity index (χ0n) is 13.5. The molecule has 1 aliphatic rings. The zero-order chi connectivity index (χ0) is 17.8. The molecular formula is C19H17Cl2NO3. The molecule has 25 heavy (non-hydrogen) atoms. The Balaban J connectivity index is 1.58. The summed E-state index contributed by atoms with van der Waals surface area (Å²) >= 11 is 11.9. The second-order valence-electron chi connectivity index (χ2n) is 5.93. The van der Waals surface area contributed by atoms with Crippen LogP contribution in [-0.4, -0.2) is 23.3 Å². The summed E-state index contributed by atoms with van der Waals surface area (Å²) in [5.74, 6) is -0.238. The summed E-state index contributed by atoms with van der Waals surface area (Å²) in [7, 11) is 0. The fraction of sp³-hybridized carbons (Fsp3) is 0.263. The first kappa shape index (κ1) is 17.8. The maximum atomic E-state index is 12.1. The molecule has 1 fully saturated rings. The number of carbonyl (C=O) groups is 2. The van der Waals surface area contributed by atoms with E-state index >= 15 is 0 Å². The number of halogens is 2. The molecule has 0 aliphatic carbocycles. The fourth-order valence-corrected chi connectivity index (χ4v) is 3.17. The van der Waals surface area contributed by atoms with Crippen molar-refractivity contribution in [1.82, 2.24) is 4.90 Å². The van der Waals surface area contributed by atoms with Crippen LogP contribution in [0.15, 0.2) is 42.5 Å². The van der Waals surface area contributed by atoms with Crippen LogP contribution >= 0.6 is 23.2 Å². The van der Waals surface area contributed by atoms with E-state index in [0.29, 0.717) is 34.1 Å². The molecule has 1 amide bonds. The molecule has 0 unspecified atom stereocenters. The lowest BCUT2D eigenvalue weighted by Crippen LogP contribution is -2.23. The molecule has 130 valence electrons. The van der Waals surface area contributed by atoms with Crippen molar-refractivity contribution in [2.75, 3.05) is 6.54 Å². The molecule has 0 radical (unpaired) electrons. The average Bonchev–Trinajstić information content (AvgIpc) is 2.99. The number of esters is 1. The Hall–Kier alpha value is -2.04. The lowest BCUT2D eigenvalue weighted by atomic mass is 10.1. The van der Waals surface area contributed by atoms with Crippen molar-refractivity contribution in [3.8, 4) is 0 Å². The van der Waals surface area contributed by atoms with Crippen molar-refractivity contribution in [3.05, 3.63) is 69.2 Å². The van der Waals surface area contributed by atoms with Gasteiger partial charge >= 0.3 is 5.97 Å². The van der Waals surface area contributed by atoms with Crippen LogP contribution in [-0.2, 0) is 22.7 Å². The van der Waals surface area contributed by atoms with Crippen molar-refractivity contribution in [2.45, 2.75) is 26.0 Å². The van der Waals surface area contributed by atoms with E-state index in [-0.39, 0.29) is 12.5 Å². The molecule has 1 aliphatic heterocycles. The molecule has 0 saturated carbocycles. The first-order valence-electron chi connectivity index (χ1n) is 8.01. The number of benzene rings is 2. The minimum absolute atomic E-state index is 0.0822. The molecule has 0 aromatic heterocycles. The minimum atomic E-state index is -0.421. The number of likely N-dealkylation sites (tertiary alicyclic amines) is 1. The average molecular weight is 378 g/mol. The molecule has 0 bridgehead atoms. The van der Waals surface area contributed by atoms with Crippen LogP contribution in [0.3, 0.4) is 0 Å². The number of amides is 1. The van der Waals surface area contributed by atoms with Gasteiger partial charge < -0.3 is 9.64 Å². The summed E-state index contributed by atoms with van der Waals surface area (Å²) in [5.41, 5.74) is 2.15. The van der Waals surface area contributed by atoms with Gasteiger partial charge in [-0.3, -0.25) is 4.79 Å². The van der Waals surface area contributed by atoms with Crippen molar-refractivity contribution in [2.24, 2.45) is 0 Å². The van der Waals surface area contributed by atoms with Gasteiger partial charge in [-0.05, 0) is 36.2 Å². The highest BCUT2D eigenvalue weighted by Gasteiger charge is 2.20. The van der Waals surface area contributed by atoms with Crippen LogP contribution in [0.4, 0.5) is 0 Å². The highest BCUT2D eigenvalue weighted by Crippen LogP contribution is 2.22. The van der Waals surface area contributed by atoms with Gasteiger partial charge in [0.2, 0.25) is 5.91 Å². The number of hydrogen-bond donors (Lipinski definition) is 0. The number of ether oxygens (including phenoxy) is 1. The van der Waals surface area contributed by atoms with Gasteiger partial charge in [-0.15, -0.1) is 0 Å². The van der Waals surface area contributed by atoms with Crippen molar-refractivity contribution in [3.63, 3.8) is 0 Å². The highest BCUT2D eigenvalue weighted by atomic mass is 35.5. The number of hydrogen-bond acceptors (Lipinski definition) is 3. The van der Waals surface area contributed by atoms with E-state index in [0.717, 1.165) is 18.5 Å². The second-order valence-corrected chi connectivity index (χ2v) is 6.77. The first-order chi connectivity index (χ1) is 12.0. The van der Waals surface area contributed by atoms with E-state index in [9.17, 15) is 9.59 Å². The minimum Gasteiger partial charge on any atom is -0.457 e. The van der Waals surface area contributed by atoms with Crippen molar-refractivity contribution < 1.29 is 14.3 Å². The predicted molar refractivity (Wildman–Crippen MR) is 96.7 cm³/mol. The monoisotopic (exact) mass is 377 g/mol. The van der Waals surface area contributed by atoms with Gasteiger partial charge in [0.25, 0.3) is 0 Å². The van der Waals surface area contributed by atoms with Gasteiger partial charge in [0.15, 0.2) is 0 Å². The van der Waals surface area contributed by atoms with Crippen LogP contribution in [0.5, 0.6) is 0 Å². The fourth-order valence-electron chi connectivity index (χ4n) is 2.70. The van der Waals surface area contributed by atoms with Crippen molar-refractivity contribution in [1.29, 1.82) is 0 Å². The predicted octanol–water partition coefficient (Wildman–Crippen LogP) is 4.47. The van der Waals surface area contributed by atoms with E-state index in [4.69, 9.17) is 27.9 Å². The smallest absolute Gasteiger partial charge is 0.338 e. The summed E-state index contributed by atoms with van der Waals surface area (Å²) in [5, 5.41) is 0.998. The molecule has 4 nitrogen and oxygen atoms in total. The second kappa shape index (κ2) is 7.89. The molecule has 0 atom stereocenters. The quantitative estimate of drug-likeness (QED) is 0.721. The Bertz CT molecular complexity index is 790. The molecular weight excluding hydrogens is 361 g/mol. The van der Waals surface area contributed by atoms with Crippen LogP contribution in [0.25, 0.3) is 0 Å². The zero-order valence-corrected chi connectivity index (χ0v) is 15.0. The maximum Gasteiger partial charge on any atom is 0.338 e. The molecule has 2 aromatic rings. The topological polar surface area (TPSA) is 46.6 Å². The molecule has 3 rings (SSSR count). The summed E-state index contributed by atoms with van der Waals surface area (Å²) in [4.78, 5) is 25.6. The van der Waals surface area contributed by atoms with Gasteiger partial charge in [0.1, 0.15) is 6.61 Å². The molecule has 0 spiro atoms. The van der Waals surface area contributed by atoms with Gasteiger partial charge in [-0.2, -0.15) is 0 Å². The summed E-state index contributed by atoms with van der Waals surface area (Å²) in [6.45, 7) is 1.46. The normalized spacial score (nSPS) is 14.0. The Kier molecular flexibility index (Phi) is 5.61. The lowest BCUT2D eigenvalue weighted by Gasteiger charge is -2.15. The Morgan fingerprint density at radius 1 is 1.12 bits per heavy atom. The molecule has 2 aromatic carbocycles. The summed E-state index contributed by atoms with van der Waals surface area (Å²) in [6, 6.07) is 12.2. The largest absolute Gasteiger partial charge is 0.457 e. The first-order valence-corrected chi connectivity index (χ1v) is 8.76. The molecule has 6 heteroatoms. The third kappa shape index (κ3) is 4.53. The summed E-state index contributed by atoms with van der Waals surface area (Å²) in [6.07, 6.45) is 1.54. The van der Waals surface area contributed by atoms with Crippen LogP contribution in [0.1, 0.15) is 34.3 Å². The lowest BCUT2D eigenvalue weighted by molar-refractivity contribution is -0.128. The van der Waals surface area contributed by atoms with Gasteiger partial charge in [0.05, 0.1) is 5.56 Å². The van der Waals surface area contributed by atoms with Crippen molar-refractivity contribution >= 4 is 35.1 Å². The Morgan fingerprint density at radius 2 is 1.88 bits per heavy atom. The third-order valence-electron chi connectivity index (χ3n) is 4.11. The van der Waals surface area contributed by atoms with E-state index in [1.807, 2.05) is 17.0 Å². The van der Waals surface area contributed by atoms with Gasteiger partial charge in [-0.25, -0.2) is 4.79 Å². The van der Waals surface area contributed by atoms with E-state index in [1.165, 1.54) is 0 Å². The number of carbonyl (C=O) groups excluding carboxylic acids is 2. The Morgan fingerprint density at radius 3 is 2.52 bits per heavy atom. The maximum absolute atomic E-state index is 12.1. The van der Waals surface area contributed by atoms with Crippen LogP contribution in [0.2, 0.25) is 10.0 Å². The van der Waals surface area contributed by atoms with Crippen LogP contribution in [0, 0.1) is 0 Å². The molecule has 1 heterocycles. The Labute approximate surface area is 156 Å². The van der Waals surface area contributed by atoms with Gasteiger partial charge in [-0.1, -0.05) is 41.4 Å². The van der Waals surface area contributed by atoms with Gasteiger partial charge in [0, 0.05) is 35.1 Å². The summed E-state index contributed by atoms with van der Waals surface area (Å²) < 4.78 is 5.29. The van der Waals surface area contributed by atoms with E-state index in [2.05, 4.69) is 0 Å². The van der Waals surface area contributed by atoms with Crippen LogP contribution < -0.4 is 0 Å². The molecule has 0 N–H and O–H groups in total. The number of nitrogens with zero attached hydrogens (tertiary/aromatic N) is 1. The third-order valence-corrected chi connectivity index (χ3v) is 4.70. The number of rotatable bonds is 5. The standard InChI is InChI=1S/C19H17Cl2NO3/c20-16-8-7-15(17(21)10-16)12-25-19(24)14-5-3-13(4-6-14)11-22-9-1-2-18(22)23/h3-8,10H,1-2,9,11-12H2. The van der Waals surface area contributed by atoms with E-state index in [1.54, 1.807) is 30.3 Å². The highest BCUT2D eigenvalue weighted by molar-refractivity contribution is 6.35. The molecule has 1 saturated heterocycles. The SMILES string of the molecule is O=C(OCc1ccc(Cl)cc1Cl)c1ccc(CN2CCCC2=O)cc1. The van der Waals surface area contributed by atoms with E-state index < -0.39 is 5.97 Å².